The Labute approximate surface area is 212 Å². The molecule has 2 aliphatic heterocycles. The SMILES string of the molecule is CN=C(NCc1cccc(CN2CCOC(C)C2)c1)N1CCN(c2cnn(C)c2)C(=O)C1.I. The molecule has 0 saturated carbocycles. The Kier molecular flexibility index (Phi) is 9.10. The molecule has 1 unspecified atom stereocenters. The van der Waals surface area contributed by atoms with Crippen LogP contribution in [0.3, 0.4) is 0 Å². The average molecular weight is 567 g/mol. The summed E-state index contributed by atoms with van der Waals surface area (Å²) in [5, 5.41) is 7.60. The molecule has 33 heavy (non-hydrogen) atoms. The number of halogens is 1. The van der Waals surface area contributed by atoms with E-state index in [2.05, 4.69) is 51.5 Å². The lowest BCUT2D eigenvalue weighted by Crippen LogP contribution is -2.55. The Morgan fingerprint density at radius 3 is 2.79 bits per heavy atom. The lowest BCUT2D eigenvalue weighted by atomic mass is 10.1. The highest BCUT2D eigenvalue weighted by Gasteiger charge is 2.27. The molecule has 2 aromatic rings. The number of hydrogen-bond acceptors (Lipinski definition) is 5. The van der Waals surface area contributed by atoms with Gasteiger partial charge < -0.3 is 19.9 Å². The fourth-order valence-electron chi connectivity index (χ4n) is 4.32. The van der Waals surface area contributed by atoms with Gasteiger partial charge in [0.05, 0.1) is 24.6 Å². The molecule has 1 atom stereocenters. The zero-order chi connectivity index (χ0) is 22.5. The molecular weight excluding hydrogens is 533 g/mol. The van der Waals surface area contributed by atoms with Crippen LogP contribution < -0.4 is 10.2 Å². The number of amides is 1. The normalized spacial score (nSPS) is 20.0. The first-order valence-corrected chi connectivity index (χ1v) is 11.2. The van der Waals surface area contributed by atoms with Gasteiger partial charge in [0.2, 0.25) is 5.91 Å². The monoisotopic (exact) mass is 567 g/mol. The van der Waals surface area contributed by atoms with Crippen LogP contribution >= 0.6 is 24.0 Å². The number of aromatic nitrogens is 2. The van der Waals surface area contributed by atoms with E-state index in [1.807, 2.05) is 18.1 Å². The summed E-state index contributed by atoms with van der Waals surface area (Å²) < 4.78 is 7.36. The molecule has 0 radical (unpaired) electrons. The van der Waals surface area contributed by atoms with Gasteiger partial charge in [-0.2, -0.15) is 5.10 Å². The maximum absolute atomic E-state index is 12.7. The van der Waals surface area contributed by atoms with E-state index in [1.165, 1.54) is 11.1 Å². The van der Waals surface area contributed by atoms with E-state index in [1.54, 1.807) is 22.8 Å². The van der Waals surface area contributed by atoms with Crippen LogP contribution in [0.15, 0.2) is 41.7 Å². The van der Waals surface area contributed by atoms with Crippen molar-refractivity contribution in [2.45, 2.75) is 26.1 Å². The molecule has 0 bridgehead atoms. The molecule has 4 rings (SSSR count). The summed E-state index contributed by atoms with van der Waals surface area (Å²) >= 11 is 0. The molecule has 1 aromatic heterocycles. The Bertz CT molecular complexity index is 964. The van der Waals surface area contributed by atoms with Crippen molar-refractivity contribution >= 4 is 41.5 Å². The zero-order valence-electron chi connectivity index (χ0n) is 19.6. The van der Waals surface area contributed by atoms with Crippen LogP contribution in [0.5, 0.6) is 0 Å². The number of benzene rings is 1. The lowest BCUT2D eigenvalue weighted by Gasteiger charge is -2.35. The summed E-state index contributed by atoms with van der Waals surface area (Å²) in [6, 6.07) is 8.65. The Balaban J connectivity index is 0.00000306. The number of carbonyl (C=O) groups excluding carboxylic acids is 1. The van der Waals surface area contributed by atoms with Crippen LogP contribution in [0, 0.1) is 0 Å². The molecular formula is C23H34IN7O2. The van der Waals surface area contributed by atoms with Gasteiger partial charge >= 0.3 is 0 Å². The van der Waals surface area contributed by atoms with Crippen LogP contribution in [-0.2, 0) is 29.7 Å². The summed E-state index contributed by atoms with van der Waals surface area (Å²) in [6.45, 7) is 8.08. The number of rotatable bonds is 5. The number of carbonyl (C=O) groups is 1. The molecule has 9 nitrogen and oxygen atoms in total. The summed E-state index contributed by atoms with van der Waals surface area (Å²) in [6.07, 6.45) is 3.88. The van der Waals surface area contributed by atoms with E-state index in [-0.39, 0.29) is 29.9 Å². The maximum atomic E-state index is 12.7. The van der Waals surface area contributed by atoms with Gasteiger partial charge in [-0.25, -0.2) is 0 Å². The third-order valence-corrected chi connectivity index (χ3v) is 5.91. The third-order valence-electron chi connectivity index (χ3n) is 5.91. The van der Waals surface area contributed by atoms with Crippen molar-refractivity contribution in [2.75, 3.05) is 51.3 Å². The number of piperazine rings is 1. The predicted octanol–water partition coefficient (Wildman–Crippen LogP) is 1.68. The van der Waals surface area contributed by atoms with Crippen LogP contribution in [0.2, 0.25) is 0 Å². The molecule has 1 N–H and O–H groups in total. The molecule has 2 fully saturated rings. The van der Waals surface area contributed by atoms with Gasteiger partial charge in [-0.05, 0) is 18.1 Å². The van der Waals surface area contributed by atoms with Gasteiger partial charge in [0.1, 0.15) is 6.54 Å². The standard InChI is InChI=1S/C23H33N7O2.HI/c1-18-14-28(9-10-32-18)15-20-6-4-5-19(11-20)12-25-23(24-2)29-7-8-30(22(31)17-29)21-13-26-27(3)16-21;/h4-6,11,13,16,18H,7-10,12,14-15,17H2,1-3H3,(H,24,25);1H. The largest absolute Gasteiger partial charge is 0.376 e. The number of ether oxygens (including phenoxy) is 1. The third kappa shape index (κ3) is 6.67. The fourth-order valence-corrected chi connectivity index (χ4v) is 4.32. The second-order valence-electron chi connectivity index (χ2n) is 8.48. The Morgan fingerprint density at radius 1 is 1.27 bits per heavy atom. The van der Waals surface area contributed by atoms with Gasteiger partial charge in [-0.3, -0.25) is 19.4 Å². The van der Waals surface area contributed by atoms with Crippen molar-refractivity contribution < 1.29 is 9.53 Å². The zero-order valence-corrected chi connectivity index (χ0v) is 21.9. The van der Waals surface area contributed by atoms with Gasteiger partial charge in [0.25, 0.3) is 0 Å². The van der Waals surface area contributed by atoms with Crippen molar-refractivity contribution in [2.24, 2.45) is 12.0 Å². The quantitative estimate of drug-likeness (QED) is 0.337. The highest BCUT2D eigenvalue weighted by atomic mass is 127. The molecule has 1 amide bonds. The molecule has 2 aliphatic rings. The van der Waals surface area contributed by atoms with Crippen molar-refractivity contribution in [3.05, 3.63) is 47.8 Å². The van der Waals surface area contributed by atoms with Gasteiger partial charge in [-0.15, -0.1) is 24.0 Å². The van der Waals surface area contributed by atoms with Gasteiger partial charge in [0.15, 0.2) is 5.96 Å². The smallest absolute Gasteiger partial charge is 0.246 e. The Hall–Kier alpha value is -2.18. The van der Waals surface area contributed by atoms with Crippen LogP contribution in [0.25, 0.3) is 0 Å². The number of guanidine groups is 1. The molecule has 180 valence electrons. The second-order valence-corrected chi connectivity index (χ2v) is 8.48. The summed E-state index contributed by atoms with van der Waals surface area (Å²) in [7, 11) is 3.61. The molecule has 0 spiro atoms. The number of aliphatic imine (C=N–C) groups is 1. The van der Waals surface area contributed by atoms with Crippen molar-refractivity contribution in [1.29, 1.82) is 0 Å². The summed E-state index contributed by atoms with van der Waals surface area (Å²) in [5.74, 6) is 0.797. The van der Waals surface area contributed by atoms with E-state index in [0.717, 1.165) is 44.4 Å². The second kappa shape index (κ2) is 11.8. The first-order chi connectivity index (χ1) is 15.5. The number of anilines is 1. The molecule has 0 aliphatic carbocycles. The molecule has 3 heterocycles. The first kappa shape index (κ1) is 25.4. The molecule has 2 saturated heterocycles. The van der Waals surface area contributed by atoms with Gasteiger partial charge in [-0.1, -0.05) is 24.3 Å². The van der Waals surface area contributed by atoms with Crippen LogP contribution in [0.4, 0.5) is 5.69 Å². The highest BCUT2D eigenvalue weighted by molar-refractivity contribution is 14.0. The predicted molar refractivity (Wildman–Crippen MR) is 140 cm³/mol. The number of nitrogens with one attached hydrogen (secondary N) is 1. The minimum absolute atomic E-state index is 0. The number of morpholine rings is 1. The Morgan fingerprint density at radius 2 is 2.09 bits per heavy atom. The average Bonchev–Trinajstić information content (AvgIpc) is 3.20. The van der Waals surface area contributed by atoms with E-state index in [0.29, 0.717) is 25.7 Å². The highest BCUT2D eigenvalue weighted by Crippen LogP contribution is 2.16. The van der Waals surface area contributed by atoms with Crippen LogP contribution in [0.1, 0.15) is 18.1 Å². The summed E-state index contributed by atoms with van der Waals surface area (Å²) in [4.78, 5) is 23.4. The maximum Gasteiger partial charge on any atom is 0.246 e. The molecule has 10 heteroatoms. The summed E-state index contributed by atoms with van der Waals surface area (Å²) in [5.41, 5.74) is 3.34. The fraction of sp³-hybridized carbons (Fsp3) is 0.522. The van der Waals surface area contributed by atoms with Crippen molar-refractivity contribution in [1.82, 2.24) is 24.9 Å². The lowest BCUT2D eigenvalue weighted by molar-refractivity contribution is -0.120. The number of aryl methyl sites for hydroxylation is 1. The minimum atomic E-state index is 0. The van der Waals surface area contributed by atoms with Crippen LogP contribution in [-0.4, -0.2) is 83.9 Å². The van der Waals surface area contributed by atoms with E-state index in [9.17, 15) is 4.79 Å². The first-order valence-electron chi connectivity index (χ1n) is 11.2. The van der Waals surface area contributed by atoms with E-state index in [4.69, 9.17) is 4.74 Å². The van der Waals surface area contributed by atoms with Crippen molar-refractivity contribution in [3.63, 3.8) is 0 Å². The van der Waals surface area contributed by atoms with E-state index >= 15 is 0 Å². The number of hydrogen-bond donors (Lipinski definition) is 1. The van der Waals surface area contributed by atoms with Crippen molar-refractivity contribution in [3.8, 4) is 0 Å². The van der Waals surface area contributed by atoms with E-state index < -0.39 is 0 Å². The topological polar surface area (TPSA) is 78.2 Å². The van der Waals surface area contributed by atoms with Gasteiger partial charge in [0, 0.05) is 59.6 Å². The number of nitrogens with zero attached hydrogens (tertiary/aromatic N) is 6. The minimum Gasteiger partial charge on any atom is -0.376 e. The molecule has 1 aromatic carbocycles.